The van der Waals surface area contributed by atoms with E-state index in [0.717, 1.165) is 25.7 Å². The van der Waals surface area contributed by atoms with E-state index in [2.05, 4.69) is 0 Å². The Hall–Kier alpha value is -0.450. The van der Waals surface area contributed by atoms with Crippen molar-refractivity contribution in [1.82, 2.24) is 0 Å². The van der Waals surface area contributed by atoms with Crippen molar-refractivity contribution in [2.75, 3.05) is 26.4 Å². The standard InChI is InChI=1S/C12H18O4/c13-10-3-6-14-9-11(10)4-1-2-5-12(11)15-7-8-16-12/h1-9H2. The van der Waals surface area contributed by atoms with Gasteiger partial charge in [0.1, 0.15) is 11.2 Å². The van der Waals surface area contributed by atoms with Crippen LogP contribution in [0.15, 0.2) is 0 Å². The summed E-state index contributed by atoms with van der Waals surface area (Å²) < 4.78 is 17.2. The maximum absolute atomic E-state index is 12.3. The number of ether oxygens (including phenoxy) is 3. The average Bonchev–Trinajstić information content (AvgIpc) is 2.76. The molecule has 0 radical (unpaired) electrons. The van der Waals surface area contributed by atoms with Crippen LogP contribution in [0.2, 0.25) is 0 Å². The lowest BCUT2D eigenvalue weighted by atomic mass is 9.65. The number of fused-ring (bicyclic) bond motifs is 1. The van der Waals surface area contributed by atoms with Crippen molar-refractivity contribution in [3.05, 3.63) is 0 Å². The molecule has 0 bridgehead atoms. The third-order valence-electron chi connectivity index (χ3n) is 4.20. The summed E-state index contributed by atoms with van der Waals surface area (Å²) in [5.41, 5.74) is -0.514. The third-order valence-corrected chi connectivity index (χ3v) is 4.20. The molecule has 0 N–H and O–H groups in total. The third kappa shape index (κ3) is 1.30. The molecule has 16 heavy (non-hydrogen) atoms. The molecule has 0 amide bonds. The van der Waals surface area contributed by atoms with Crippen LogP contribution in [0.25, 0.3) is 0 Å². The van der Waals surface area contributed by atoms with Crippen molar-refractivity contribution >= 4 is 5.78 Å². The normalized spacial score (nSPS) is 38.4. The van der Waals surface area contributed by atoms with Gasteiger partial charge in [0.05, 0.1) is 26.4 Å². The zero-order valence-electron chi connectivity index (χ0n) is 9.50. The highest BCUT2D eigenvalue weighted by Gasteiger charge is 2.61. The fourth-order valence-corrected chi connectivity index (χ4v) is 3.35. The van der Waals surface area contributed by atoms with Gasteiger partial charge in [0.25, 0.3) is 0 Å². The minimum absolute atomic E-state index is 0.278. The topological polar surface area (TPSA) is 44.8 Å². The molecule has 0 aromatic heterocycles. The van der Waals surface area contributed by atoms with E-state index in [-0.39, 0.29) is 5.78 Å². The molecule has 1 unspecified atom stereocenters. The van der Waals surface area contributed by atoms with E-state index in [4.69, 9.17) is 14.2 Å². The molecule has 1 saturated carbocycles. The summed E-state index contributed by atoms with van der Waals surface area (Å²) in [7, 11) is 0. The predicted octanol–water partition coefficient (Wildman–Crippen LogP) is 1.28. The Morgan fingerprint density at radius 3 is 2.50 bits per heavy atom. The summed E-state index contributed by atoms with van der Waals surface area (Å²) in [6, 6.07) is 0. The van der Waals surface area contributed by atoms with E-state index in [0.29, 0.717) is 32.8 Å². The number of rotatable bonds is 0. The van der Waals surface area contributed by atoms with Crippen LogP contribution in [-0.2, 0) is 19.0 Å². The predicted molar refractivity (Wildman–Crippen MR) is 56.0 cm³/mol. The van der Waals surface area contributed by atoms with Crippen LogP contribution in [0.5, 0.6) is 0 Å². The summed E-state index contributed by atoms with van der Waals surface area (Å²) in [5.74, 6) is -0.386. The van der Waals surface area contributed by atoms with Crippen molar-refractivity contribution in [2.24, 2.45) is 5.41 Å². The van der Waals surface area contributed by atoms with Crippen LogP contribution < -0.4 is 0 Å². The lowest BCUT2D eigenvalue weighted by Crippen LogP contribution is -2.60. The monoisotopic (exact) mass is 226 g/mol. The molecule has 4 nitrogen and oxygen atoms in total. The largest absolute Gasteiger partial charge is 0.380 e. The lowest BCUT2D eigenvalue weighted by molar-refractivity contribution is -0.266. The van der Waals surface area contributed by atoms with Crippen molar-refractivity contribution < 1.29 is 19.0 Å². The van der Waals surface area contributed by atoms with Crippen LogP contribution in [-0.4, -0.2) is 38.0 Å². The Morgan fingerprint density at radius 1 is 1.00 bits per heavy atom. The minimum atomic E-state index is -0.664. The van der Waals surface area contributed by atoms with E-state index in [1.54, 1.807) is 0 Å². The van der Waals surface area contributed by atoms with E-state index in [1.807, 2.05) is 0 Å². The Morgan fingerprint density at radius 2 is 1.75 bits per heavy atom. The molecular formula is C12H18O4. The van der Waals surface area contributed by atoms with Gasteiger partial charge >= 0.3 is 0 Å². The number of carbonyl (C=O) groups is 1. The molecule has 4 heteroatoms. The van der Waals surface area contributed by atoms with Gasteiger partial charge < -0.3 is 14.2 Å². The molecule has 1 atom stereocenters. The molecule has 1 aliphatic carbocycles. The Balaban J connectivity index is 1.97. The minimum Gasteiger partial charge on any atom is -0.380 e. The van der Waals surface area contributed by atoms with Gasteiger partial charge in [-0.3, -0.25) is 4.79 Å². The number of hydrogen-bond acceptors (Lipinski definition) is 4. The molecule has 2 saturated heterocycles. The average molecular weight is 226 g/mol. The zero-order valence-corrected chi connectivity index (χ0v) is 9.50. The van der Waals surface area contributed by atoms with E-state index in [1.165, 1.54) is 0 Å². The second kappa shape index (κ2) is 3.79. The molecule has 2 spiro atoms. The molecule has 90 valence electrons. The van der Waals surface area contributed by atoms with Crippen LogP contribution in [0.1, 0.15) is 32.1 Å². The summed E-state index contributed by atoms with van der Waals surface area (Å²) in [4.78, 5) is 12.3. The van der Waals surface area contributed by atoms with Gasteiger partial charge in [-0.05, 0) is 12.8 Å². The van der Waals surface area contributed by atoms with Crippen LogP contribution in [0, 0.1) is 5.41 Å². The maximum Gasteiger partial charge on any atom is 0.183 e. The molecule has 0 aromatic rings. The van der Waals surface area contributed by atoms with Crippen LogP contribution in [0.4, 0.5) is 0 Å². The summed E-state index contributed by atoms with van der Waals surface area (Å²) in [6.45, 7) is 2.24. The van der Waals surface area contributed by atoms with Gasteiger partial charge in [-0.15, -0.1) is 0 Å². The highest BCUT2D eigenvalue weighted by molar-refractivity contribution is 5.87. The van der Waals surface area contributed by atoms with Gasteiger partial charge in [-0.1, -0.05) is 6.42 Å². The van der Waals surface area contributed by atoms with Crippen molar-refractivity contribution in [3.8, 4) is 0 Å². The van der Waals surface area contributed by atoms with E-state index in [9.17, 15) is 4.79 Å². The maximum atomic E-state index is 12.3. The SMILES string of the molecule is O=C1CCOCC12CCCCC21OCCO1. The number of hydrogen-bond donors (Lipinski definition) is 0. The fraction of sp³-hybridized carbons (Fsp3) is 0.917. The highest BCUT2D eigenvalue weighted by atomic mass is 16.7. The van der Waals surface area contributed by atoms with Crippen molar-refractivity contribution in [2.45, 2.75) is 37.9 Å². The number of ketones is 1. The van der Waals surface area contributed by atoms with Gasteiger partial charge in [-0.2, -0.15) is 0 Å². The van der Waals surface area contributed by atoms with Crippen LogP contribution >= 0.6 is 0 Å². The zero-order chi connectivity index (χ0) is 11.1. The molecular weight excluding hydrogens is 208 g/mol. The summed E-state index contributed by atoms with van der Waals surface area (Å²) >= 11 is 0. The first-order valence-corrected chi connectivity index (χ1v) is 6.18. The smallest absolute Gasteiger partial charge is 0.183 e. The van der Waals surface area contributed by atoms with E-state index >= 15 is 0 Å². The van der Waals surface area contributed by atoms with Gasteiger partial charge in [-0.25, -0.2) is 0 Å². The fourth-order valence-electron chi connectivity index (χ4n) is 3.35. The first-order valence-electron chi connectivity index (χ1n) is 6.18. The summed E-state index contributed by atoms with van der Waals surface area (Å²) in [6.07, 6.45) is 4.35. The molecule has 2 aliphatic heterocycles. The Bertz CT molecular complexity index is 289. The second-order valence-corrected chi connectivity index (χ2v) is 4.96. The second-order valence-electron chi connectivity index (χ2n) is 4.96. The molecule has 2 heterocycles. The first kappa shape index (κ1) is 10.7. The quantitative estimate of drug-likeness (QED) is 0.624. The summed E-state index contributed by atoms with van der Waals surface area (Å²) in [5, 5.41) is 0. The number of carbonyl (C=O) groups excluding carboxylic acids is 1. The Kier molecular flexibility index (Phi) is 2.53. The van der Waals surface area contributed by atoms with Gasteiger partial charge in [0.2, 0.25) is 0 Å². The van der Waals surface area contributed by atoms with Gasteiger partial charge in [0.15, 0.2) is 5.79 Å². The lowest BCUT2D eigenvalue weighted by Gasteiger charge is -2.50. The van der Waals surface area contributed by atoms with Crippen molar-refractivity contribution in [1.29, 1.82) is 0 Å². The first-order chi connectivity index (χ1) is 7.79. The molecule has 3 fully saturated rings. The van der Waals surface area contributed by atoms with Gasteiger partial charge in [0, 0.05) is 12.8 Å². The van der Waals surface area contributed by atoms with E-state index < -0.39 is 11.2 Å². The Labute approximate surface area is 95.2 Å². The molecule has 0 aromatic carbocycles. The molecule has 3 rings (SSSR count). The highest BCUT2D eigenvalue weighted by Crippen LogP contribution is 2.51. The number of Topliss-reactive ketones (excluding diaryl/α,β-unsaturated/α-hetero) is 1. The van der Waals surface area contributed by atoms with Crippen LogP contribution in [0.3, 0.4) is 0 Å². The molecule has 3 aliphatic rings. The van der Waals surface area contributed by atoms with Crippen molar-refractivity contribution in [3.63, 3.8) is 0 Å².